The van der Waals surface area contributed by atoms with Crippen molar-refractivity contribution in [3.8, 4) is 0 Å². The zero-order chi connectivity index (χ0) is 44.8. The highest BCUT2D eigenvalue weighted by atomic mass is 31.2. The fourth-order valence-corrected chi connectivity index (χ4v) is 7.75. The molecule has 0 aliphatic rings. The van der Waals surface area contributed by atoms with Gasteiger partial charge in [-0.1, -0.05) is 185 Å². The Balaban J connectivity index is 3.83. The summed E-state index contributed by atoms with van der Waals surface area (Å²) < 4.78 is 32.7. The van der Waals surface area contributed by atoms with Gasteiger partial charge in [-0.2, -0.15) is 0 Å². The fraction of sp³-hybridized carbons (Fsp3) is 0.840. The van der Waals surface area contributed by atoms with Crippen LogP contribution in [0.3, 0.4) is 0 Å². The monoisotopic (exact) mass is 885 g/mol. The lowest BCUT2D eigenvalue weighted by Gasteiger charge is -2.20. The molecule has 10 nitrogen and oxygen atoms in total. The summed E-state index contributed by atoms with van der Waals surface area (Å²) in [6.45, 7) is 2.19. The molecular formula is C50H93O10P. The van der Waals surface area contributed by atoms with Crippen LogP contribution in [0, 0.1) is 0 Å². The van der Waals surface area contributed by atoms with Crippen LogP contribution in [0.2, 0.25) is 0 Å². The average Bonchev–Trinajstić information content (AvgIpc) is 3.25. The molecule has 0 amide bonds. The molecule has 0 heterocycles. The Labute approximate surface area is 373 Å². The molecule has 0 aromatic rings. The first kappa shape index (κ1) is 59.2. The van der Waals surface area contributed by atoms with Crippen LogP contribution < -0.4 is 0 Å². The number of phosphoric ester groups is 1. The van der Waals surface area contributed by atoms with Gasteiger partial charge in [0.1, 0.15) is 12.2 Å². The Kier molecular flexibility index (Phi) is 44.8. The van der Waals surface area contributed by atoms with Crippen molar-refractivity contribution < 1.29 is 47.8 Å². The summed E-state index contributed by atoms with van der Waals surface area (Å²) in [4.78, 5) is 34.6. The maximum absolute atomic E-state index is 12.4. The SMILES string of the molecule is CCCCC/C=C\C/C=C\CCCCCCCC(=O)OC(CO)COP(=O)(O)OCC(CO)OC(=O)CCCCCCCCCCCCC/C=C\CCCCCCCCCC. The molecule has 11 heteroatoms. The molecule has 0 aromatic heterocycles. The molecule has 0 saturated heterocycles. The zero-order valence-electron chi connectivity index (χ0n) is 39.1. The van der Waals surface area contributed by atoms with E-state index in [1.807, 2.05) is 0 Å². The quantitative estimate of drug-likeness (QED) is 0.0233. The van der Waals surface area contributed by atoms with E-state index in [-0.39, 0.29) is 12.8 Å². The zero-order valence-corrected chi connectivity index (χ0v) is 40.0. The molecule has 61 heavy (non-hydrogen) atoms. The van der Waals surface area contributed by atoms with E-state index in [9.17, 15) is 29.3 Å². The lowest BCUT2D eigenvalue weighted by atomic mass is 10.0. The maximum atomic E-state index is 12.4. The van der Waals surface area contributed by atoms with Gasteiger partial charge in [-0.05, 0) is 70.6 Å². The number of ether oxygens (including phenoxy) is 2. The summed E-state index contributed by atoms with van der Waals surface area (Å²) >= 11 is 0. The first-order chi connectivity index (χ1) is 29.8. The Bertz CT molecular complexity index is 1110. The molecule has 0 fully saturated rings. The Morgan fingerprint density at radius 2 is 0.721 bits per heavy atom. The average molecular weight is 885 g/mol. The van der Waals surface area contributed by atoms with Gasteiger partial charge in [-0.3, -0.25) is 18.6 Å². The highest BCUT2D eigenvalue weighted by Crippen LogP contribution is 2.43. The van der Waals surface area contributed by atoms with Crippen molar-refractivity contribution >= 4 is 19.8 Å². The number of hydrogen-bond donors (Lipinski definition) is 3. The van der Waals surface area contributed by atoms with Crippen LogP contribution in [0.15, 0.2) is 36.5 Å². The second-order valence-electron chi connectivity index (χ2n) is 16.8. The van der Waals surface area contributed by atoms with Crippen molar-refractivity contribution in [3.63, 3.8) is 0 Å². The van der Waals surface area contributed by atoms with Crippen LogP contribution in [0.5, 0.6) is 0 Å². The van der Waals surface area contributed by atoms with E-state index in [0.29, 0.717) is 12.8 Å². The Morgan fingerprint density at radius 3 is 1.07 bits per heavy atom. The van der Waals surface area contributed by atoms with Crippen LogP contribution in [0.25, 0.3) is 0 Å². The number of phosphoric acid groups is 1. The second kappa shape index (κ2) is 46.2. The number of aliphatic hydroxyl groups is 2. The first-order valence-electron chi connectivity index (χ1n) is 24.9. The number of carbonyl (C=O) groups excluding carboxylic acids is 2. The number of unbranched alkanes of at least 4 members (excludes halogenated alkanes) is 27. The molecule has 358 valence electrons. The van der Waals surface area contributed by atoms with E-state index < -0.39 is 58.4 Å². The Morgan fingerprint density at radius 1 is 0.443 bits per heavy atom. The molecule has 3 N–H and O–H groups in total. The van der Waals surface area contributed by atoms with E-state index in [1.165, 1.54) is 128 Å². The molecule has 3 atom stereocenters. The van der Waals surface area contributed by atoms with Crippen molar-refractivity contribution in [2.24, 2.45) is 0 Å². The minimum Gasteiger partial charge on any atom is -0.457 e. The van der Waals surface area contributed by atoms with Gasteiger partial charge in [0.25, 0.3) is 0 Å². The predicted molar refractivity (Wildman–Crippen MR) is 251 cm³/mol. The van der Waals surface area contributed by atoms with E-state index in [1.54, 1.807) is 0 Å². The molecule has 0 spiro atoms. The van der Waals surface area contributed by atoms with Gasteiger partial charge in [0.15, 0.2) is 0 Å². The van der Waals surface area contributed by atoms with Crippen molar-refractivity contribution in [1.82, 2.24) is 0 Å². The topological polar surface area (TPSA) is 149 Å². The summed E-state index contributed by atoms with van der Waals surface area (Å²) in [6, 6.07) is 0. The highest BCUT2D eigenvalue weighted by molar-refractivity contribution is 7.47. The van der Waals surface area contributed by atoms with Gasteiger partial charge in [0.05, 0.1) is 26.4 Å². The smallest absolute Gasteiger partial charge is 0.457 e. The fourth-order valence-electron chi connectivity index (χ4n) is 6.96. The van der Waals surface area contributed by atoms with Gasteiger partial charge < -0.3 is 24.6 Å². The van der Waals surface area contributed by atoms with E-state index in [2.05, 4.69) is 50.3 Å². The number of hydrogen-bond acceptors (Lipinski definition) is 9. The van der Waals surface area contributed by atoms with Gasteiger partial charge in [-0.25, -0.2) is 4.57 Å². The van der Waals surface area contributed by atoms with Crippen LogP contribution >= 0.6 is 7.82 Å². The molecular weight excluding hydrogens is 792 g/mol. The number of allylic oxidation sites excluding steroid dienone is 6. The highest BCUT2D eigenvalue weighted by Gasteiger charge is 2.27. The van der Waals surface area contributed by atoms with Crippen molar-refractivity contribution in [2.45, 2.75) is 244 Å². The molecule has 0 aliphatic heterocycles. The number of esters is 2. The number of carbonyl (C=O) groups is 2. The van der Waals surface area contributed by atoms with Gasteiger partial charge in [-0.15, -0.1) is 0 Å². The normalized spacial score (nSPS) is 14.0. The van der Waals surface area contributed by atoms with E-state index in [4.69, 9.17) is 18.5 Å². The molecule has 0 rings (SSSR count). The third-order valence-electron chi connectivity index (χ3n) is 10.8. The van der Waals surface area contributed by atoms with Gasteiger partial charge in [0.2, 0.25) is 0 Å². The van der Waals surface area contributed by atoms with E-state index in [0.717, 1.165) is 64.2 Å². The second-order valence-corrected chi connectivity index (χ2v) is 18.2. The molecule has 0 aliphatic carbocycles. The number of aliphatic hydroxyl groups excluding tert-OH is 2. The lowest BCUT2D eigenvalue weighted by Crippen LogP contribution is -2.28. The van der Waals surface area contributed by atoms with E-state index >= 15 is 0 Å². The van der Waals surface area contributed by atoms with Gasteiger partial charge >= 0.3 is 19.8 Å². The summed E-state index contributed by atoms with van der Waals surface area (Å²) in [6.07, 6.45) is 49.8. The van der Waals surface area contributed by atoms with Gasteiger partial charge in [0, 0.05) is 12.8 Å². The first-order valence-corrected chi connectivity index (χ1v) is 26.4. The Hall–Kier alpha value is -1.81. The third-order valence-corrected chi connectivity index (χ3v) is 11.8. The third kappa shape index (κ3) is 44.6. The molecule has 3 unspecified atom stereocenters. The summed E-state index contributed by atoms with van der Waals surface area (Å²) in [5.41, 5.74) is 0. The van der Waals surface area contributed by atoms with Crippen molar-refractivity contribution in [2.75, 3.05) is 26.4 Å². The summed E-state index contributed by atoms with van der Waals surface area (Å²) in [5, 5.41) is 19.2. The van der Waals surface area contributed by atoms with Crippen LogP contribution in [-0.2, 0) is 32.7 Å². The maximum Gasteiger partial charge on any atom is 0.472 e. The predicted octanol–water partition coefficient (Wildman–Crippen LogP) is 13.9. The van der Waals surface area contributed by atoms with Crippen molar-refractivity contribution in [3.05, 3.63) is 36.5 Å². The minimum absolute atomic E-state index is 0.177. The molecule has 0 radical (unpaired) electrons. The summed E-state index contributed by atoms with van der Waals surface area (Å²) in [5.74, 6) is -1.03. The van der Waals surface area contributed by atoms with Crippen LogP contribution in [0.4, 0.5) is 0 Å². The van der Waals surface area contributed by atoms with Crippen LogP contribution in [-0.4, -0.2) is 65.7 Å². The van der Waals surface area contributed by atoms with Crippen LogP contribution in [0.1, 0.15) is 232 Å². The minimum atomic E-state index is -4.64. The number of rotatable bonds is 47. The standard InChI is InChI=1S/C50H93O10P/c1-3-5-7-9-11-13-15-17-19-20-21-22-23-24-25-26-28-30-32-34-36-38-40-42-50(54)60-48(44-52)46-58-61(55,56)57-45-47(43-51)59-49(53)41-39-37-35-33-31-29-27-18-16-14-12-10-8-6-4-2/h12,14,18,20-21,27,47-48,51-52H,3-11,13,15-17,19,22-26,28-46H2,1-2H3,(H,55,56)/b14-12-,21-20-,27-18-. The molecule has 0 bridgehead atoms. The van der Waals surface area contributed by atoms with Crippen molar-refractivity contribution in [1.29, 1.82) is 0 Å². The largest absolute Gasteiger partial charge is 0.472 e. The molecule has 0 aromatic carbocycles. The summed E-state index contributed by atoms with van der Waals surface area (Å²) in [7, 11) is -4.64. The molecule has 0 saturated carbocycles. The lowest BCUT2D eigenvalue weighted by molar-refractivity contribution is -0.153.